The van der Waals surface area contributed by atoms with Crippen LogP contribution in [-0.2, 0) is 0 Å². The van der Waals surface area contributed by atoms with Gasteiger partial charge in [-0.05, 0) is 0 Å². The molecule has 8 heavy (non-hydrogen) atoms. The lowest BCUT2D eigenvalue weighted by Gasteiger charge is -2.02. The minimum atomic E-state index is -4.30. The molecule has 0 bridgehead atoms. The van der Waals surface area contributed by atoms with Crippen LogP contribution in [0.25, 0.3) is 0 Å². The van der Waals surface area contributed by atoms with Crippen molar-refractivity contribution in [1.82, 2.24) is 0 Å². The first-order valence-corrected chi connectivity index (χ1v) is 1.87. The Bertz CT molecular complexity index is 109. The first-order valence-electron chi connectivity index (χ1n) is 1.87. The smallest absolute Gasteiger partial charge is 0.166 e. The van der Waals surface area contributed by atoms with Crippen LogP contribution in [0.3, 0.4) is 0 Å². The quantitative estimate of drug-likeness (QED) is 0.468. The highest BCUT2D eigenvalue weighted by atomic mass is 19.4. The lowest BCUT2D eigenvalue weighted by atomic mass is 10.3. The summed E-state index contributed by atoms with van der Waals surface area (Å²) in [6.07, 6.45) is -3.62. The number of rotatable bonds is 1. The van der Waals surface area contributed by atoms with E-state index in [-0.39, 0.29) is 0 Å². The summed E-state index contributed by atoms with van der Waals surface area (Å²) in [5.41, 5.74) is -0.905. The molecule has 0 aromatic heterocycles. The Kier molecular flexibility index (Phi) is 1.84. The molecule has 0 rings (SSSR count). The lowest BCUT2D eigenvalue weighted by molar-refractivity contribution is -0.0877. The zero-order valence-electron chi connectivity index (χ0n) is 4.13. The number of hydrogen-bond donors (Lipinski definition) is 0. The summed E-state index contributed by atoms with van der Waals surface area (Å²) in [7, 11) is 0. The van der Waals surface area contributed by atoms with Crippen LogP contribution >= 0.6 is 0 Å². The molecular weight excluding hydrogens is 117 g/mol. The Balaban J connectivity index is 4.02. The van der Waals surface area contributed by atoms with E-state index in [1.54, 1.807) is 0 Å². The highest BCUT2D eigenvalue weighted by Gasteiger charge is 2.29. The van der Waals surface area contributed by atoms with Gasteiger partial charge in [-0.3, -0.25) is 0 Å². The minimum absolute atomic E-state index is 0.681. The van der Waals surface area contributed by atoms with Gasteiger partial charge in [0.05, 0.1) is 0 Å². The molecule has 0 aliphatic carbocycles. The van der Waals surface area contributed by atoms with Crippen LogP contribution in [0.4, 0.5) is 13.2 Å². The van der Waals surface area contributed by atoms with Crippen LogP contribution in [0.5, 0.6) is 0 Å². The van der Waals surface area contributed by atoms with Gasteiger partial charge in [0.15, 0.2) is 0 Å². The normalized spacial score (nSPS) is 10.9. The van der Waals surface area contributed by atoms with Gasteiger partial charge < -0.3 is 0 Å². The Morgan fingerprint density at radius 2 is 1.75 bits per heavy atom. The first kappa shape index (κ1) is 7.27. The van der Waals surface area contributed by atoms with E-state index in [0.717, 1.165) is 0 Å². The zero-order valence-corrected chi connectivity index (χ0v) is 4.13. The van der Waals surface area contributed by atoms with E-state index in [4.69, 9.17) is 0 Å². The third-order valence-electron chi connectivity index (χ3n) is 0.611. The predicted octanol–water partition coefficient (Wildman–Crippen LogP) is 2.29. The van der Waals surface area contributed by atoms with Crippen LogP contribution in [0.15, 0.2) is 24.8 Å². The maximum absolute atomic E-state index is 11.3. The molecule has 0 unspecified atom stereocenters. The Morgan fingerprint density at radius 1 is 1.38 bits per heavy atom. The third-order valence-corrected chi connectivity index (χ3v) is 0.611. The summed E-state index contributed by atoms with van der Waals surface area (Å²) in [6.45, 7) is 5.61. The fourth-order valence-electron chi connectivity index (χ4n) is 0.116. The van der Waals surface area contributed by atoms with Gasteiger partial charge in [-0.1, -0.05) is 19.2 Å². The van der Waals surface area contributed by atoms with Crippen molar-refractivity contribution < 1.29 is 13.2 Å². The van der Waals surface area contributed by atoms with Gasteiger partial charge in [-0.25, -0.2) is 0 Å². The molecule has 0 heterocycles. The van der Waals surface area contributed by atoms with Gasteiger partial charge in [0.2, 0.25) is 0 Å². The second kappa shape index (κ2) is 2.03. The summed E-state index contributed by atoms with van der Waals surface area (Å²) >= 11 is 0. The van der Waals surface area contributed by atoms with Gasteiger partial charge in [-0.2, -0.15) is 13.2 Å². The SMILES string of the molecule is C=CC(=C)C(F)(F)F. The monoisotopic (exact) mass is 122 g/mol. The number of hydrogen-bond acceptors (Lipinski definition) is 0. The lowest BCUT2D eigenvalue weighted by Crippen LogP contribution is -2.07. The summed E-state index contributed by atoms with van der Waals surface area (Å²) in [4.78, 5) is 0. The standard InChI is InChI=1S/C5H5F3/c1-3-4(2)5(6,7)8/h3H,1-2H2. The van der Waals surface area contributed by atoms with Crippen molar-refractivity contribution in [2.75, 3.05) is 0 Å². The second-order valence-electron chi connectivity index (χ2n) is 1.23. The molecule has 0 spiro atoms. The number of halogens is 3. The minimum Gasteiger partial charge on any atom is -0.166 e. The molecule has 0 aromatic carbocycles. The molecule has 0 atom stereocenters. The van der Waals surface area contributed by atoms with Crippen molar-refractivity contribution in [3.05, 3.63) is 24.8 Å². The Hall–Kier alpha value is -0.730. The fraction of sp³-hybridized carbons (Fsp3) is 0.200. The largest absolute Gasteiger partial charge is 0.415 e. The van der Waals surface area contributed by atoms with E-state index in [0.29, 0.717) is 6.08 Å². The van der Waals surface area contributed by atoms with E-state index in [1.165, 1.54) is 0 Å². The third kappa shape index (κ3) is 1.82. The Labute approximate surface area is 45.3 Å². The maximum atomic E-state index is 11.3. The molecule has 0 fully saturated rings. The predicted molar refractivity (Wildman–Crippen MR) is 25.4 cm³/mol. The van der Waals surface area contributed by atoms with Gasteiger partial charge in [0.1, 0.15) is 0 Å². The zero-order chi connectivity index (χ0) is 6.78. The molecular formula is C5H5F3. The molecule has 0 radical (unpaired) electrons. The molecule has 46 valence electrons. The van der Waals surface area contributed by atoms with Gasteiger partial charge >= 0.3 is 6.18 Å². The van der Waals surface area contributed by atoms with Crippen molar-refractivity contribution >= 4 is 0 Å². The summed E-state index contributed by atoms with van der Waals surface area (Å²) in [5, 5.41) is 0. The van der Waals surface area contributed by atoms with E-state index >= 15 is 0 Å². The number of alkyl halides is 3. The highest BCUT2D eigenvalue weighted by Crippen LogP contribution is 2.23. The molecule has 0 aliphatic rings. The Morgan fingerprint density at radius 3 is 1.75 bits per heavy atom. The van der Waals surface area contributed by atoms with Crippen LogP contribution in [0, 0.1) is 0 Å². The average molecular weight is 122 g/mol. The topological polar surface area (TPSA) is 0 Å². The fourth-order valence-corrected chi connectivity index (χ4v) is 0.116. The van der Waals surface area contributed by atoms with Crippen molar-refractivity contribution in [2.24, 2.45) is 0 Å². The van der Waals surface area contributed by atoms with Crippen molar-refractivity contribution in [3.8, 4) is 0 Å². The summed E-state index contributed by atoms with van der Waals surface area (Å²) in [6, 6.07) is 0. The van der Waals surface area contributed by atoms with Gasteiger partial charge in [-0.15, -0.1) is 0 Å². The van der Waals surface area contributed by atoms with Crippen LogP contribution in [0.2, 0.25) is 0 Å². The molecule has 0 N–H and O–H groups in total. The van der Waals surface area contributed by atoms with Crippen molar-refractivity contribution in [3.63, 3.8) is 0 Å². The molecule has 0 saturated heterocycles. The van der Waals surface area contributed by atoms with E-state index in [1.807, 2.05) is 0 Å². The number of allylic oxidation sites excluding steroid dienone is 2. The highest BCUT2D eigenvalue weighted by molar-refractivity contribution is 5.16. The van der Waals surface area contributed by atoms with E-state index < -0.39 is 11.7 Å². The molecule has 0 saturated carbocycles. The summed E-state index contributed by atoms with van der Waals surface area (Å²) in [5.74, 6) is 0. The maximum Gasteiger partial charge on any atom is 0.415 e. The van der Waals surface area contributed by atoms with Gasteiger partial charge in [0.25, 0.3) is 0 Å². The molecule has 0 aliphatic heterocycles. The van der Waals surface area contributed by atoms with Crippen LogP contribution in [-0.4, -0.2) is 6.18 Å². The van der Waals surface area contributed by atoms with E-state index in [2.05, 4.69) is 13.2 Å². The van der Waals surface area contributed by atoms with Crippen molar-refractivity contribution in [1.29, 1.82) is 0 Å². The van der Waals surface area contributed by atoms with Gasteiger partial charge in [0, 0.05) is 5.57 Å². The summed E-state index contributed by atoms with van der Waals surface area (Å²) < 4.78 is 33.8. The van der Waals surface area contributed by atoms with Crippen molar-refractivity contribution in [2.45, 2.75) is 6.18 Å². The van der Waals surface area contributed by atoms with Crippen LogP contribution < -0.4 is 0 Å². The molecule has 0 amide bonds. The molecule has 3 heteroatoms. The van der Waals surface area contributed by atoms with Crippen LogP contribution in [0.1, 0.15) is 0 Å². The van der Waals surface area contributed by atoms with E-state index in [9.17, 15) is 13.2 Å². The second-order valence-corrected chi connectivity index (χ2v) is 1.23. The molecule has 0 aromatic rings. The molecule has 0 nitrogen and oxygen atoms in total. The average Bonchev–Trinajstić information content (AvgIpc) is 1.62. The first-order chi connectivity index (χ1) is 3.48.